The molecule has 4 heterocycles. The van der Waals surface area contributed by atoms with Gasteiger partial charge in [0.05, 0.1) is 16.2 Å². The molecule has 0 saturated carbocycles. The summed E-state index contributed by atoms with van der Waals surface area (Å²) in [4.78, 5) is 8.76. The molecule has 0 amide bonds. The first-order valence-electron chi connectivity index (χ1n) is 8.69. The molecule has 9 heteroatoms. The van der Waals surface area contributed by atoms with Gasteiger partial charge in [0, 0.05) is 36.8 Å². The number of benzene rings is 1. The molecule has 1 atom stereocenters. The maximum atomic E-state index is 14.3. The Morgan fingerprint density at radius 2 is 2.15 bits per heavy atom. The number of nitrogen functional groups attached to an aromatic ring is 1. The first kappa shape index (κ1) is 16.6. The lowest BCUT2D eigenvalue weighted by molar-refractivity contribution is 0.563. The molecule has 1 aliphatic heterocycles. The van der Waals surface area contributed by atoms with Crippen molar-refractivity contribution in [2.45, 2.75) is 12.5 Å². The van der Waals surface area contributed by atoms with Crippen LogP contribution >= 0.6 is 15.9 Å². The van der Waals surface area contributed by atoms with Crippen molar-refractivity contribution in [1.82, 2.24) is 29.6 Å². The Morgan fingerprint density at radius 3 is 2.93 bits per heavy atom. The van der Waals surface area contributed by atoms with E-state index in [2.05, 4.69) is 40.9 Å². The van der Waals surface area contributed by atoms with E-state index < -0.39 is 0 Å². The number of nitrogens with zero attached hydrogens (tertiary/aromatic N) is 5. The van der Waals surface area contributed by atoms with Crippen molar-refractivity contribution in [3.63, 3.8) is 0 Å². The zero-order valence-corrected chi connectivity index (χ0v) is 16.2. The molecule has 27 heavy (non-hydrogen) atoms. The van der Waals surface area contributed by atoms with Crippen LogP contribution in [0.4, 0.5) is 10.3 Å². The van der Waals surface area contributed by atoms with Crippen molar-refractivity contribution in [1.29, 1.82) is 0 Å². The van der Waals surface area contributed by atoms with Gasteiger partial charge in [0.1, 0.15) is 22.5 Å². The van der Waals surface area contributed by atoms with E-state index in [0.29, 0.717) is 21.2 Å². The highest BCUT2D eigenvalue weighted by molar-refractivity contribution is 9.10. The van der Waals surface area contributed by atoms with Gasteiger partial charge in [-0.05, 0) is 41.0 Å². The van der Waals surface area contributed by atoms with Crippen LogP contribution in [0.3, 0.4) is 0 Å². The summed E-state index contributed by atoms with van der Waals surface area (Å²) in [6.07, 6.45) is 4.84. The highest BCUT2D eigenvalue weighted by Crippen LogP contribution is 2.38. The molecule has 3 aromatic heterocycles. The summed E-state index contributed by atoms with van der Waals surface area (Å²) in [6.45, 7) is 1.80. The number of aryl methyl sites for hydroxylation is 1. The van der Waals surface area contributed by atoms with Crippen LogP contribution in [0.5, 0.6) is 0 Å². The van der Waals surface area contributed by atoms with Crippen molar-refractivity contribution in [3.05, 3.63) is 34.8 Å². The summed E-state index contributed by atoms with van der Waals surface area (Å²) in [5.74, 6) is -0.0975. The maximum Gasteiger partial charge on any atom is 0.221 e. The second-order valence-corrected chi connectivity index (χ2v) is 7.70. The van der Waals surface area contributed by atoms with Gasteiger partial charge in [0.2, 0.25) is 5.95 Å². The Hall–Kier alpha value is -2.52. The van der Waals surface area contributed by atoms with Gasteiger partial charge < -0.3 is 15.6 Å². The smallest absolute Gasteiger partial charge is 0.221 e. The monoisotopic (exact) mass is 429 g/mol. The molecule has 1 aromatic carbocycles. The lowest BCUT2D eigenvalue weighted by Crippen LogP contribution is -2.12. The summed E-state index contributed by atoms with van der Waals surface area (Å²) < 4.78 is 18.5. The van der Waals surface area contributed by atoms with E-state index in [1.807, 2.05) is 19.4 Å². The molecular weight excluding hydrogens is 413 g/mol. The van der Waals surface area contributed by atoms with Gasteiger partial charge in [-0.3, -0.25) is 4.68 Å². The van der Waals surface area contributed by atoms with Crippen LogP contribution in [0.1, 0.15) is 12.5 Å². The van der Waals surface area contributed by atoms with Crippen molar-refractivity contribution < 1.29 is 4.39 Å². The van der Waals surface area contributed by atoms with Crippen LogP contribution in [0.25, 0.3) is 33.2 Å². The van der Waals surface area contributed by atoms with Gasteiger partial charge in [-0.15, -0.1) is 0 Å². The normalized spacial score (nSPS) is 17.4. The summed E-state index contributed by atoms with van der Waals surface area (Å²) in [5.41, 5.74) is 9.68. The second kappa shape index (κ2) is 6.00. The second-order valence-electron chi connectivity index (χ2n) is 6.85. The minimum Gasteiger partial charge on any atom is -0.368 e. The van der Waals surface area contributed by atoms with Gasteiger partial charge >= 0.3 is 0 Å². The zero-order chi connectivity index (χ0) is 18.7. The lowest BCUT2D eigenvalue weighted by Gasteiger charge is -2.12. The van der Waals surface area contributed by atoms with Crippen molar-refractivity contribution in [2.24, 2.45) is 7.05 Å². The highest BCUT2D eigenvalue weighted by atomic mass is 79.9. The Bertz CT molecular complexity index is 1190. The van der Waals surface area contributed by atoms with E-state index >= 15 is 0 Å². The maximum absolute atomic E-state index is 14.3. The Morgan fingerprint density at radius 1 is 1.30 bits per heavy atom. The topological polar surface area (TPSA) is 86.6 Å². The number of hydrogen-bond acceptors (Lipinski definition) is 5. The fraction of sp³-hybridized carbons (Fsp3) is 0.278. The van der Waals surface area contributed by atoms with E-state index in [1.165, 1.54) is 0 Å². The average Bonchev–Trinajstić information content (AvgIpc) is 3.33. The van der Waals surface area contributed by atoms with Gasteiger partial charge in [0.15, 0.2) is 0 Å². The number of anilines is 1. The van der Waals surface area contributed by atoms with Crippen molar-refractivity contribution >= 4 is 43.8 Å². The third-order valence-corrected chi connectivity index (χ3v) is 5.66. The molecular formula is C18H17BrFN7. The van der Waals surface area contributed by atoms with Crippen LogP contribution in [-0.4, -0.2) is 37.4 Å². The van der Waals surface area contributed by atoms with Gasteiger partial charge in [-0.1, -0.05) is 0 Å². The van der Waals surface area contributed by atoms with Gasteiger partial charge in [-0.2, -0.15) is 5.10 Å². The fourth-order valence-corrected chi connectivity index (χ4v) is 4.19. The largest absolute Gasteiger partial charge is 0.368 e. The molecule has 0 radical (unpaired) electrons. The average molecular weight is 430 g/mol. The molecule has 1 saturated heterocycles. The third-order valence-electron chi connectivity index (χ3n) is 5.05. The van der Waals surface area contributed by atoms with Gasteiger partial charge in [0.25, 0.3) is 0 Å². The first-order chi connectivity index (χ1) is 13.0. The van der Waals surface area contributed by atoms with Crippen molar-refractivity contribution in [3.8, 4) is 11.3 Å². The molecule has 5 rings (SSSR count). The summed E-state index contributed by atoms with van der Waals surface area (Å²) in [7, 11) is 1.83. The quantitative estimate of drug-likeness (QED) is 0.511. The minimum absolute atomic E-state index is 0.190. The Labute approximate surface area is 162 Å². The number of hydrogen-bond donors (Lipinski definition) is 2. The van der Waals surface area contributed by atoms with E-state index in [1.54, 1.807) is 16.8 Å². The Kier molecular flexibility index (Phi) is 3.70. The SMILES string of the molecule is Cn1cc2nc(N)nc(-c3cn(C4CCNC4)c4cc(F)c(Br)cc34)c2n1. The van der Waals surface area contributed by atoms with E-state index in [4.69, 9.17) is 5.73 Å². The number of rotatable bonds is 2. The molecule has 1 fully saturated rings. The van der Waals surface area contributed by atoms with Crippen LogP contribution in [0.15, 0.2) is 29.0 Å². The lowest BCUT2D eigenvalue weighted by atomic mass is 10.1. The van der Waals surface area contributed by atoms with Crippen molar-refractivity contribution in [2.75, 3.05) is 18.8 Å². The van der Waals surface area contributed by atoms with Crippen LogP contribution in [0.2, 0.25) is 0 Å². The molecule has 1 aliphatic rings. The van der Waals surface area contributed by atoms with Crippen LogP contribution in [-0.2, 0) is 7.05 Å². The number of fused-ring (bicyclic) bond motifs is 2. The number of aromatic nitrogens is 5. The molecule has 4 aromatic rings. The molecule has 0 aliphatic carbocycles. The van der Waals surface area contributed by atoms with Crippen LogP contribution < -0.4 is 11.1 Å². The summed E-state index contributed by atoms with van der Waals surface area (Å²) in [6, 6.07) is 3.63. The standard InChI is InChI=1S/C18H17BrFN7/c1-26-8-14-17(25-26)16(24-18(21)23-14)11-7-27(9-2-3-22-6-9)15-5-13(20)12(19)4-10(11)15/h4-5,7-9,22H,2-3,6H2,1H3,(H2,21,23). The van der Waals surface area contributed by atoms with Crippen LogP contribution in [0, 0.1) is 5.82 Å². The first-order valence-corrected chi connectivity index (χ1v) is 9.48. The predicted octanol–water partition coefficient (Wildman–Crippen LogP) is 3.00. The van der Waals surface area contributed by atoms with E-state index in [9.17, 15) is 4.39 Å². The fourth-order valence-electron chi connectivity index (χ4n) is 3.84. The number of nitrogens with two attached hydrogens (primary N) is 1. The molecule has 1 unspecified atom stereocenters. The summed E-state index contributed by atoms with van der Waals surface area (Å²) in [5, 5.41) is 8.78. The molecule has 0 spiro atoms. The van der Waals surface area contributed by atoms with E-state index in [-0.39, 0.29) is 17.8 Å². The van der Waals surface area contributed by atoms with Gasteiger partial charge in [-0.25, -0.2) is 14.4 Å². The van der Waals surface area contributed by atoms with E-state index in [0.717, 1.165) is 36.0 Å². The third kappa shape index (κ3) is 2.61. The highest BCUT2D eigenvalue weighted by Gasteiger charge is 2.24. The number of halogens is 2. The molecule has 0 bridgehead atoms. The zero-order valence-electron chi connectivity index (χ0n) is 14.6. The minimum atomic E-state index is -0.287. The molecule has 138 valence electrons. The summed E-state index contributed by atoms with van der Waals surface area (Å²) >= 11 is 3.31. The Balaban J connectivity index is 1.85. The molecule has 3 N–H and O–H groups in total. The number of nitrogens with one attached hydrogen (secondary N) is 1. The predicted molar refractivity (Wildman–Crippen MR) is 106 cm³/mol. The molecule has 7 nitrogen and oxygen atoms in total.